The van der Waals surface area contributed by atoms with E-state index in [1.165, 1.54) is 0 Å². The molecule has 2 atom stereocenters. The highest BCUT2D eigenvalue weighted by molar-refractivity contribution is 5.58. The van der Waals surface area contributed by atoms with E-state index in [2.05, 4.69) is 18.7 Å². The van der Waals surface area contributed by atoms with Crippen molar-refractivity contribution in [3.05, 3.63) is 0 Å². The van der Waals surface area contributed by atoms with Crippen molar-refractivity contribution in [2.24, 2.45) is 17.3 Å². The Morgan fingerprint density at radius 1 is 1.31 bits per heavy atom. The summed E-state index contributed by atoms with van der Waals surface area (Å²) < 4.78 is 0. The average molecular weight is 183 g/mol. The Morgan fingerprint density at radius 2 is 1.77 bits per heavy atom. The molecule has 0 bridgehead atoms. The van der Waals surface area contributed by atoms with Crippen LogP contribution >= 0.6 is 0 Å². The Balaban J connectivity index is 2.44. The molecule has 0 radical (unpaired) electrons. The van der Waals surface area contributed by atoms with Crippen LogP contribution in [0.2, 0.25) is 0 Å². The minimum absolute atomic E-state index is 0.177. The van der Waals surface area contributed by atoms with Gasteiger partial charge in [-0.05, 0) is 11.8 Å². The van der Waals surface area contributed by atoms with Crippen LogP contribution in [0.5, 0.6) is 0 Å². The molecule has 0 aromatic heterocycles. The van der Waals surface area contributed by atoms with Crippen molar-refractivity contribution in [1.82, 2.24) is 4.90 Å². The predicted octanol–water partition coefficient (Wildman–Crippen LogP) is 1.80. The van der Waals surface area contributed by atoms with E-state index in [0.717, 1.165) is 37.8 Å². The maximum atomic E-state index is 10.8. The molecule has 1 saturated heterocycles. The minimum atomic E-state index is -0.177. The molecule has 0 amide bonds. The summed E-state index contributed by atoms with van der Waals surface area (Å²) in [5.74, 6) is 1.56. The molecule has 0 aliphatic carbocycles. The summed E-state index contributed by atoms with van der Waals surface area (Å²) in [5, 5.41) is 0. The van der Waals surface area contributed by atoms with Gasteiger partial charge in [0.15, 0.2) is 0 Å². The first kappa shape index (κ1) is 10.7. The molecule has 2 unspecified atom stereocenters. The van der Waals surface area contributed by atoms with Gasteiger partial charge in [-0.25, -0.2) is 0 Å². The molecule has 1 fully saturated rings. The Bertz CT molecular complexity index is 179. The number of rotatable bonds is 3. The molecule has 1 aliphatic heterocycles. The van der Waals surface area contributed by atoms with Gasteiger partial charge in [0.05, 0.1) is 0 Å². The van der Waals surface area contributed by atoms with E-state index < -0.39 is 0 Å². The zero-order valence-corrected chi connectivity index (χ0v) is 9.21. The maximum absolute atomic E-state index is 10.8. The first-order chi connectivity index (χ1) is 5.94. The lowest BCUT2D eigenvalue weighted by Gasteiger charge is -2.24. The third kappa shape index (κ3) is 2.80. The van der Waals surface area contributed by atoms with Crippen molar-refractivity contribution in [3.8, 4) is 0 Å². The summed E-state index contributed by atoms with van der Waals surface area (Å²) in [6.45, 7) is 11.8. The molecule has 13 heavy (non-hydrogen) atoms. The van der Waals surface area contributed by atoms with Crippen molar-refractivity contribution >= 4 is 6.29 Å². The highest BCUT2D eigenvalue weighted by atomic mass is 16.1. The van der Waals surface area contributed by atoms with E-state index in [0.29, 0.717) is 0 Å². The summed E-state index contributed by atoms with van der Waals surface area (Å²) in [5.41, 5.74) is -0.177. The Kier molecular flexibility index (Phi) is 3.12. The number of nitrogens with zero attached hydrogens (tertiary/aromatic N) is 1. The summed E-state index contributed by atoms with van der Waals surface area (Å²) in [4.78, 5) is 13.2. The first-order valence-electron chi connectivity index (χ1n) is 5.13. The second-order valence-corrected chi connectivity index (χ2v) is 5.26. The van der Waals surface area contributed by atoms with E-state index >= 15 is 0 Å². The molecule has 0 aromatic rings. The highest BCUT2D eigenvalue weighted by Crippen LogP contribution is 2.25. The lowest BCUT2D eigenvalue weighted by molar-refractivity contribution is -0.115. The van der Waals surface area contributed by atoms with Gasteiger partial charge in [-0.2, -0.15) is 0 Å². The Hall–Kier alpha value is -0.370. The fraction of sp³-hybridized carbons (Fsp3) is 0.909. The van der Waals surface area contributed by atoms with Crippen LogP contribution in [-0.4, -0.2) is 30.8 Å². The van der Waals surface area contributed by atoms with Crippen LogP contribution in [0, 0.1) is 17.3 Å². The molecule has 2 nitrogen and oxygen atoms in total. The number of carbonyl (C=O) groups is 1. The fourth-order valence-electron chi connectivity index (χ4n) is 1.99. The Labute approximate surface area is 81.3 Å². The molecule has 0 N–H and O–H groups in total. The monoisotopic (exact) mass is 183 g/mol. The van der Waals surface area contributed by atoms with Crippen LogP contribution in [0.15, 0.2) is 0 Å². The van der Waals surface area contributed by atoms with Gasteiger partial charge in [-0.3, -0.25) is 0 Å². The van der Waals surface area contributed by atoms with Crippen LogP contribution in [-0.2, 0) is 4.79 Å². The van der Waals surface area contributed by atoms with E-state index in [9.17, 15) is 4.79 Å². The van der Waals surface area contributed by atoms with Crippen molar-refractivity contribution in [2.45, 2.75) is 27.7 Å². The van der Waals surface area contributed by atoms with Gasteiger partial charge in [0, 0.05) is 25.0 Å². The zero-order chi connectivity index (χ0) is 10.1. The number of likely N-dealkylation sites (tertiary alicyclic amines) is 1. The third-order valence-electron chi connectivity index (χ3n) is 3.01. The van der Waals surface area contributed by atoms with Gasteiger partial charge in [-0.1, -0.05) is 27.7 Å². The molecule has 1 aliphatic rings. The summed E-state index contributed by atoms with van der Waals surface area (Å²) >= 11 is 0. The molecule has 0 saturated carbocycles. The summed E-state index contributed by atoms with van der Waals surface area (Å²) in [6.07, 6.45) is 1.07. The van der Waals surface area contributed by atoms with Crippen molar-refractivity contribution < 1.29 is 4.79 Å². The molecular weight excluding hydrogens is 162 g/mol. The lowest BCUT2D eigenvalue weighted by Crippen LogP contribution is -2.33. The van der Waals surface area contributed by atoms with Crippen LogP contribution < -0.4 is 0 Å². The van der Waals surface area contributed by atoms with Crippen molar-refractivity contribution in [3.63, 3.8) is 0 Å². The number of hydrogen-bond donors (Lipinski definition) is 0. The quantitative estimate of drug-likeness (QED) is 0.622. The van der Waals surface area contributed by atoms with Crippen molar-refractivity contribution in [1.29, 1.82) is 0 Å². The number of hydrogen-bond acceptors (Lipinski definition) is 2. The minimum Gasteiger partial charge on any atom is -0.303 e. The third-order valence-corrected chi connectivity index (χ3v) is 3.01. The topological polar surface area (TPSA) is 20.3 Å². The van der Waals surface area contributed by atoms with Crippen LogP contribution in [0.3, 0.4) is 0 Å². The molecule has 0 spiro atoms. The second-order valence-electron chi connectivity index (χ2n) is 5.26. The summed E-state index contributed by atoms with van der Waals surface area (Å²) in [7, 11) is 0. The average Bonchev–Trinajstić information content (AvgIpc) is 2.30. The second kappa shape index (κ2) is 3.79. The van der Waals surface area contributed by atoms with Crippen LogP contribution in [0.1, 0.15) is 27.7 Å². The van der Waals surface area contributed by atoms with E-state index in [-0.39, 0.29) is 5.41 Å². The van der Waals surface area contributed by atoms with Gasteiger partial charge < -0.3 is 9.69 Å². The van der Waals surface area contributed by atoms with Crippen LogP contribution in [0.4, 0.5) is 0 Å². The van der Waals surface area contributed by atoms with Crippen LogP contribution in [0.25, 0.3) is 0 Å². The largest absolute Gasteiger partial charge is 0.303 e. The Morgan fingerprint density at radius 3 is 2.15 bits per heavy atom. The summed E-state index contributed by atoms with van der Waals surface area (Å²) in [6, 6.07) is 0. The number of carbonyl (C=O) groups excluding carboxylic acids is 1. The fourth-order valence-corrected chi connectivity index (χ4v) is 1.99. The van der Waals surface area contributed by atoms with E-state index in [4.69, 9.17) is 0 Å². The van der Waals surface area contributed by atoms with Gasteiger partial charge >= 0.3 is 0 Å². The smallest absolute Gasteiger partial charge is 0.126 e. The van der Waals surface area contributed by atoms with E-state index in [1.54, 1.807) is 0 Å². The molecule has 1 rings (SSSR count). The number of aldehydes is 1. The zero-order valence-electron chi connectivity index (χ0n) is 9.21. The molecule has 76 valence electrons. The maximum Gasteiger partial charge on any atom is 0.126 e. The molecule has 2 heteroatoms. The SMILES string of the molecule is CC1CN(CC(C)(C)C=O)CC1C. The van der Waals surface area contributed by atoms with Gasteiger partial charge in [0.1, 0.15) is 6.29 Å². The normalized spacial score (nSPS) is 30.8. The first-order valence-corrected chi connectivity index (χ1v) is 5.13. The van der Waals surface area contributed by atoms with Crippen molar-refractivity contribution in [2.75, 3.05) is 19.6 Å². The standard InChI is InChI=1S/C11H21NO/c1-9-5-12(6-10(9)2)7-11(3,4)8-13/h8-10H,5-7H2,1-4H3. The van der Waals surface area contributed by atoms with Gasteiger partial charge in [0.2, 0.25) is 0 Å². The van der Waals surface area contributed by atoms with Gasteiger partial charge in [-0.15, -0.1) is 0 Å². The molecular formula is C11H21NO. The lowest BCUT2D eigenvalue weighted by atomic mass is 9.95. The molecule has 0 aromatic carbocycles. The van der Waals surface area contributed by atoms with E-state index in [1.807, 2.05) is 13.8 Å². The highest BCUT2D eigenvalue weighted by Gasteiger charge is 2.29. The van der Waals surface area contributed by atoms with Gasteiger partial charge in [0.25, 0.3) is 0 Å². The molecule has 1 heterocycles. The predicted molar refractivity (Wildman–Crippen MR) is 54.6 cm³/mol.